The average molecular weight is 864 g/mol. The minimum absolute atomic E-state index is 0.0210. The largest absolute Gasteiger partial charge is 0.510 e. The van der Waals surface area contributed by atoms with E-state index in [1.165, 1.54) is 0 Å². The molecule has 0 fully saturated rings. The van der Waals surface area contributed by atoms with E-state index in [4.69, 9.17) is 0 Å². The number of para-hydroxylation sites is 1. The molecule has 10 heteroatoms. The van der Waals surface area contributed by atoms with E-state index in [0.717, 1.165) is 62.5 Å². The van der Waals surface area contributed by atoms with Crippen molar-refractivity contribution >= 4 is 73.2 Å². The van der Waals surface area contributed by atoms with Crippen molar-refractivity contribution in [3.63, 3.8) is 0 Å². The molecule has 1 atom stereocenters. The Balaban J connectivity index is 1.31. The van der Waals surface area contributed by atoms with Gasteiger partial charge < -0.3 is 35.0 Å². The molecular formula is C56H51B3N2O5. The summed E-state index contributed by atoms with van der Waals surface area (Å²) in [5.74, 6) is -0.382. The number of hydrogen-bond acceptors (Lipinski definition) is 6. The fourth-order valence-corrected chi connectivity index (χ4v) is 9.81. The first-order valence-corrected chi connectivity index (χ1v) is 22.6. The third-order valence-electron chi connectivity index (χ3n) is 13.0. The van der Waals surface area contributed by atoms with Gasteiger partial charge in [-0.05, 0) is 81.4 Å². The van der Waals surface area contributed by atoms with Crippen LogP contribution in [-0.2, 0) is 0 Å². The number of aliphatic hydroxyl groups excluding tert-OH is 3. The summed E-state index contributed by atoms with van der Waals surface area (Å²) in [6.45, 7) is -1.10. The number of benzene rings is 7. The Morgan fingerprint density at radius 2 is 1.30 bits per heavy atom. The standard InChI is InChI=1S/C56H51B3N2O5/c57-32-44(48(64)34-63)53(45(33-62)37-17-7-4-8-18-37)61(54-52(59)55(65)49(51(58)56(54)66)38-29-27-36(28-30-38)35-15-5-3-6-16-35)41-22-13-19-39(31-41)42-24-14-26-47-50(42)43-23-11-12-25-46(43)60(47)40-20-9-1-2-10-21-40/h1-9,11-20,22-31,40,62-66H,10,21,32-34,57-59H2/b48-44+,53-45-. The molecule has 1 heterocycles. The number of anilines is 2. The predicted molar refractivity (Wildman–Crippen MR) is 281 cm³/mol. The zero-order valence-corrected chi connectivity index (χ0v) is 37.5. The third kappa shape index (κ3) is 7.93. The second kappa shape index (κ2) is 19.0. The first kappa shape index (κ1) is 43.8. The van der Waals surface area contributed by atoms with Crippen molar-refractivity contribution in [2.45, 2.75) is 25.2 Å². The molecule has 9 rings (SSSR count). The van der Waals surface area contributed by atoms with E-state index in [2.05, 4.69) is 83.5 Å². The monoisotopic (exact) mass is 864 g/mol. The van der Waals surface area contributed by atoms with Crippen LogP contribution < -0.4 is 15.8 Å². The number of hydrogen-bond donors (Lipinski definition) is 5. The molecule has 0 aliphatic heterocycles. The SMILES string of the molecule is BCC(=C(\O)CO)/C(=C(\CO)c1ccccc1)N(c1cccc(-c2cccc3c2c2ccccc2n3C2C=CC=CCC2)c1)c1c(B)c(O)c(-c2ccc(-c3ccccc3)cc2)c(B)c1O. The Kier molecular flexibility index (Phi) is 12.6. The summed E-state index contributed by atoms with van der Waals surface area (Å²) in [4.78, 5) is 1.83. The van der Waals surface area contributed by atoms with Crippen LogP contribution in [-0.4, -0.2) is 66.9 Å². The topological polar surface area (TPSA) is 109 Å². The molecular weight excluding hydrogens is 813 g/mol. The second-order valence-corrected chi connectivity index (χ2v) is 16.8. The van der Waals surface area contributed by atoms with Crippen molar-refractivity contribution < 1.29 is 25.5 Å². The van der Waals surface area contributed by atoms with Gasteiger partial charge in [-0.2, -0.15) is 0 Å². The summed E-state index contributed by atoms with van der Waals surface area (Å²) in [6, 6.07) is 50.6. The highest BCUT2D eigenvalue weighted by molar-refractivity contribution is 6.45. The highest BCUT2D eigenvalue weighted by Gasteiger charge is 2.31. The van der Waals surface area contributed by atoms with E-state index in [1.807, 2.05) is 110 Å². The zero-order valence-electron chi connectivity index (χ0n) is 37.5. The summed E-state index contributed by atoms with van der Waals surface area (Å²) in [6.07, 6.45) is 11.0. The van der Waals surface area contributed by atoms with E-state index >= 15 is 0 Å². The third-order valence-corrected chi connectivity index (χ3v) is 13.0. The lowest BCUT2D eigenvalue weighted by Gasteiger charge is -2.35. The van der Waals surface area contributed by atoms with Crippen LogP contribution in [0, 0.1) is 0 Å². The van der Waals surface area contributed by atoms with Gasteiger partial charge in [0.2, 0.25) is 0 Å². The van der Waals surface area contributed by atoms with Crippen LogP contribution in [0.1, 0.15) is 24.4 Å². The van der Waals surface area contributed by atoms with Crippen molar-refractivity contribution in [1.82, 2.24) is 4.57 Å². The van der Waals surface area contributed by atoms with Crippen molar-refractivity contribution in [1.29, 1.82) is 0 Å². The molecule has 0 spiro atoms. The van der Waals surface area contributed by atoms with Gasteiger partial charge in [-0.15, -0.1) is 0 Å². The van der Waals surface area contributed by atoms with E-state index in [0.29, 0.717) is 44.6 Å². The molecule has 8 aromatic rings. The van der Waals surface area contributed by atoms with Crippen LogP contribution in [0.15, 0.2) is 193 Å². The van der Waals surface area contributed by atoms with Crippen LogP contribution >= 0.6 is 0 Å². The minimum atomic E-state index is -0.653. The molecule has 1 aliphatic carbocycles. The number of aliphatic hydroxyl groups is 3. The van der Waals surface area contributed by atoms with Gasteiger partial charge in [-0.25, -0.2) is 0 Å². The normalized spacial score (nSPS) is 14.5. The predicted octanol–water partition coefficient (Wildman–Crippen LogP) is 8.57. The average Bonchev–Trinajstić information content (AvgIpc) is 3.47. The number of aromatic nitrogens is 1. The summed E-state index contributed by atoms with van der Waals surface area (Å²) in [5, 5.41) is 61.0. The molecule has 7 aromatic carbocycles. The number of nitrogens with zero attached hydrogens (tertiary/aromatic N) is 2. The van der Waals surface area contributed by atoms with E-state index < -0.39 is 13.2 Å². The molecule has 324 valence electrons. The van der Waals surface area contributed by atoms with Gasteiger partial charge in [-0.3, -0.25) is 0 Å². The smallest absolute Gasteiger partial charge is 0.147 e. The van der Waals surface area contributed by atoms with Crippen molar-refractivity contribution in [2.75, 3.05) is 18.1 Å². The number of phenols is 2. The molecule has 66 heavy (non-hydrogen) atoms. The Hall–Kier alpha value is -7.39. The van der Waals surface area contributed by atoms with Crippen molar-refractivity contribution in [2.24, 2.45) is 0 Å². The number of rotatable bonds is 12. The maximum atomic E-state index is 12.7. The molecule has 0 amide bonds. The number of fused-ring (bicyclic) bond motifs is 3. The highest BCUT2D eigenvalue weighted by Crippen LogP contribution is 2.46. The molecule has 0 bridgehead atoms. The Labute approximate surface area is 388 Å². The molecule has 1 aromatic heterocycles. The van der Waals surface area contributed by atoms with E-state index in [1.54, 1.807) is 15.7 Å². The van der Waals surface area contributed by atoms with Crippen LogP contribution in [0.2, 0.25) is 6.32 Å². The van der Waals surface area contributed by atoms with Crippen LogP contribution in [0.25, 0.3) is 60.8 Å². The molecule has 1 unspecified atom stereocenters. The van der Waals surface area contributed by atoms with Gasteiger partial charge >= 0.3 is 0 Å². The van der Waals surface area contributed by atoms with Crippen LogP contribution in [0.5, 0.6) is 11.5 Å². The van der Waals surface area contributed by atoms with Crippen LogP contribution in [0.4, 0.5) is 11.4 Å². The first-order valence-electron chi connectivity index (χ1n) is 22.6. The van der Waals surface area contributed by atoms with Gasteiger partial charge in [0.1, 0.15) is 47.4 Å². The van der Waals surface area contributed by atoms with E-state index in [9.17, 15) is 25.5 Å². The molecule has 1 aliphatic rings. The lowest BCUT2D eigenvalue weighted by Crippen LogP contribution is -2.30. The van der Waals surface area contributed by atoms with Gasteiger partial charge in [0.05, 0.1) is 29.5 Å². The second-order valence-electron chi connectivity index (χ2n) is 16.8. The van der Waals surface area contributed by atoms with Crippen molar-refractivity contribution in [3.8, 4) is 44.9 Å². The summed E-state index contributed by atoms with van der Waals surface area (Å²) in [5.41, 5.74) is 11.0. The number of phenolic OH excluding ortho intramolecular Hbond substituents is 2. The van der Waals surface area contributed by atoms with E-state index in [-0.39, 0.29) is 35.3 Å². The molecule has 0 radical (unpaired) electrons. The Morgan fingerprint density at radius 3 is 2.03 bits per heavy atom. The first-order chi connectivity index (χ1) is 32.2. The zero-order chi connectivity index (χ0) is 45.9. The highest BCUT2D eigenvalue weighted by atomic mass is 16.3. The molecule has 7 nitrogen and oxygen atoms in total. The van der Waals surface area contributed by atoms with Crippen LogP contribution in [0.3, 0.4) is 0 Å². The molecule has 5 N–H and O–H groups in total. The van der Waals surface area contributed by atoms with Gasteiger partial charge in [0, 0.05) is 38.7 Å². The summed E-state index contributed by atoms with van der Waals surface area (Å²) >= 11 is 0. The lowest BCUT2D eigenvalue weighted by molar-refractivity contribution is 0.250. The van der Waals surface area contributed by atoms with Gasteiger partial charge in [0.15, 0.2) is 0 Å². The number of aromatic hydroxyl groups is 2. The van der Waals surface area contributed by atoms with Gasteiger partial charge in [0.25, 0.3) is 0 Å². The Morgan fingerprint density at radius 1 is 0.652 bits per heavy atom. The Bertz CT molecular complexity index is 3180. The van der Waals surface area contributed by atoms with Crippen molar-refractivity contribution in [3.05, 3.63) is 199 Å². The molecule has 0 saturated heterocycles. The summed E-state index contributed by atoms with van der Waals surface area (Å²) < 4.78 is 2.45. The molecule has 0 saturated carbocycles. The fraction of sp³-hybridized carbons (Fsp3) is 0.107. The lowest BCUT2D eigenvalue weighted by atomic mass is 9.77. The van der Waals surface area contributed by atoms with Gasteiger partial charge in [-0.1, -0.05) is 158 Å². The minimum Gasteiger partial charge on any atom is -0.510 e. The fourth-order valence-electron chi connectivity index (χ4n) is 9.81. The maximum absolute atomic E-state index is 12.7. The quantitative estimate of drug-likeness (QED) is 0.0365. The summed E-state index contributed by atoms with van der Waals surface area (Å²) in [7, 11) is 5.44. The maximum Gasteiger partial charge on any atom is 0.147 e. The number of allylic oxidation sites excluding steroid dienone is 5.